The monoisotopic (exact) mass is 348 g/mol. The highest BCUT2D eigenvalue weighted by atomic mass is 35.5. The summed E-state index contributed by atoms with van der Waals surface area (Å²) in [6, 6.07) is 16.3. The number of nitrogens with one attached hydrogen (secondary N) is 1. The zero-order valence-corrected chi connectivity index (χ0v) is 13.9. The van der Waals surface area contributed by atoms with Crippen LogP contribution in [-0.2, 0) is 6.42 Å². The molecule has 2 aromatic heterocycles. The molecule has 122 valence electrons. The van der Waals surface area contributed by atoms with E-state index in [0.29, 0.717) is 22.8 Å². The Bertz CT molecular complexity index is 931. The number of carbonyl (C=O) groups excluding carboxylic acids is 1. The predicted octanol–water partition coefficient (Wildman–Crippen LogP) is 3.84. The molecule has 0 aliphatic heterocycles. The Morgan fingerprint density at radius 2 is 1.96 bits per heavy atom. The summed E-state index contributed by atoms with van der Waals surface area (Å²) in [6.07, 6.45) is 3.78. The first-order valence-electron chi connectivity index (χ1n) is 7.51. The van der Waals surface area contributed by atoms with Gasteiger partial charge in [0.1, 0.15) is 17.6 Å². The predicted molar refractivity (Wildman–Crippen MR) is 95.4 cm³/mol. The van der Waals surface area contributed by atoms with E-state index in [9.17, 15) is 4.79 Å². The van der Waals surface area contributed by atoms with Crippen LogP contribution in [0.5, 0.6) is 0 Å². The Morgan fingerprint density at radius 1 is 1.08 bits per heavy atom. The van der Waals surface area contributed by atoms with Crippen molar-refractivity contribution in [3.05, 3.63) is 88.3 Å². The minimum Gasteiger partial charge on any atom is -0.305 e. The molecule has 0 radical (unpaired) electrons. The molecule has 0 spiro atoms. The van der Waals surface area contributed by atoms with E-state index >= 15 is 0 Å². The van der Waals surface area contributed by atoms with Crippen LogP contribution >= 0.6 is 11.6 Å². The summed E-state index contributed by atoms with van der Waals surface area (Å²) in [6.45, 7) is 0. The van der Waals surface area contributed by atoms with Crippen LogP contribution < -0.4 is 5.32 Å². The molecular weight excluding hydrogens is 336 g/mol. The smallest absolute Gasteiger partial charge is 0.275 e. The molecular formula is C19H13ClN4O. The highest BCUT2D eigenvalue weighted by Crippen LogP contribution is 2.15. The van der Waals surface area contributed by atoms with Crippen molar-refractivity contribution in [1.82, 2.24) is 9.97 Å². The third-order valence-electron chi connectivity index (χ3n) is 3.49. The first-order valence-corrected chi connectivity index (χ1v) is 7.89. The first kappa shape index (κ1) is 16.6. The Labute approximate surface area is 149 Å². The maximum Gasteiger partial charge on any atom is 0.275 e. The second-order valence-corrected chi connectivity index (χ2v) is 5.79. The van der Waals surface area contributed by atoms with Crippen molar-refractivity contribution in [3.63, 3.8) is 0 Å². The van der Waals surface area contributed by atoms with Gasteiger partial charge in [0.25, 0.3) is 5.91 Å². The average molecular weight is 349 g/mol. The molecule has 1 aromatic carbocycles. The van der Waals surface area contributed by atoms with Crippen molar-refractivity contribution in [2.24, 2.45) is 0 Å². The van der Waals surface area contributed by atoms with Gasteiger partial charge in [-0.1, -0.05) is 29.8 Å². The Balaban J connectivity index is 1.65. The van der Waals surface area contributed by atoms with Gasteiger partial charge >= 0.3 is 0 Å². The number of hydrogen-bond acceptors (Lipinski definition) is 4. The van der Waals surface area contributed by atoms with E-state index in [0.717, 1.165) is 11.1 Å². The van der Waals surface area contributed by atoms with E-state index in [1.165, 1.54) is 12.3 Å². The quantitative estimate of drug-likeness (QED) is 0.776. The lowest BCUT2D eigenvalue weighted by atomic mass is 10.1. The topological polar surface area (TPSA) is 78.7 Å². The molecule has 3 aromatic rings. The molecule has 0 bridgehead atoms. The fourth-order valence-electron chi connectivity index (χ4n) is 2.26. The molecule has 0 atom stereocenters. The van der Waals surface area contributed by atoms with E-state index in [1.54, 1.807) is 18.3 Å². The van der Waals surface area contributed by atoms with Gasteiger partial charge in [0, 0.05) is 17.4 Å². The number of aromatic nitrogens is 2. The van der Waals surface area contributed by atoms with E-state index in [1.807, 2.05) is 36.4 Å². The number of hydrogen-bond donors (Lipinski definition) is 1. The van der Waals surface area contributed by atoms with Gasteiger partial charge in [0.2, 0.25) is 0 Å². The van der Waals surface area contributed by atoms with Crippen LogP contribution in [0.1, 0.15) is 27.2 Å². The number of nitriles is 1. The highest BCUT2D eigenvalue weighted by Gasteiger charge is 2.08. The molecule has 6 heteroatoms. The molecule has 0 aliphatic rings. The summed E-state index contributed by atoms with van der Waals surface area (Å²) in [5, 5.41) is 12.1. The molecule has 25 heavy (non-hydrogen) atoms. The summed E-state index contributed by atoms with van der Waals surface area (Å²) in [7, 11) is 0. The van der Waals surface area contributed by atoms with Gasteiger partial charge in [-0.05, 0) is 47.9 Å². The number of benzene rings is 1. The SMILES string of the molecule is N#Cc1ccc(C(=O)Nc2ccc(Cc3cccc(Cl)c3)cn2)nc1. The van der Waals surface area contributed by atoms with Crippen molar-refractivity contribution in [3.8, 4) is 6.07 Å². The van der Waals surface area contributed by atoms with Crippen LogP contribution in [0.2, 0.25) is 5.02 Å². The van der Waals surface area contributed by atoms with E-state index in [4.69, 9.17) is 16.9 Å². The van der Waals surface area contributed by atoms with Crippen molar-refractivity contribution in [1.29, 1.82) is 5.26 Å². The number of amides is 1. The second kappa shape index (κ2) is 7.56. The van der Waals surface area contributed by atoms with E-state index < -0.39 is 0 Å². The van der Waals surface area contributed by atoms with Crippen molar-refractivity contribution in [2.75, 3.05) is 5.32 Å². The summed E-state index contributed by atoms with van der Waals surface area (Å²) in [4.78, 5) is 20.3. The number of halogens is 1. The zero-order chi connectivity index (χ0) is 17.6. The molecule has 1 N–H and O–H groups in total. The van der Waals surface area contributed by atoms with E-state index in [2.05, 4.69) is 15.3 Å². The van der Waals surface area contributed by atoms with Crippen LogP contribution in [0, 0.1) is 11.3 Å². The van der Waals surface area contributed by atoms with Gasteiger partial charge in [0.05, 0.1) is 5.56 Å². The number of nitrogens with zero attached hydrogens (tertiary/aromatic N) is 3. The summed E-state index contributed by atoms with van der Waals surface area (Å²) in [5.41, 5.74) is 2.73. The van der Waals surface area contributed by atoms with Crippen molar-refractivity contribution < 1.29 is 4.79 Å². The Morgan fingerprint density at radius 3 is 2.60 bits per heavy atom. The van der Waals surface area contributed by atoms with Gasteiger partial charge in [0.15, 0.2) is 0 Å². The molecule has 3 rings (SSSR count). The molecule has 0 unspecified atom stereocenters. The van der Waals surface area contributed by atoms with Crippen LogP contribution in [-0.4, -0.2) is 15.9 Å². The molecule has 0 fully saturated rings. The van der Waals surface area contributed by atoms with Crippen molar-refractivity contribution >= 4 is 23.3 Å². The lowest BCUT2D eigenvalue weighted by Crippen LogP contribution is -2.14. The molecule has 0 aliphatic carbocycles. The third-order valence-corrected chi connectivity index (χ3v) is 3.72. The maximum absolute atomic E-state index is 12.1. The second-order valence-electron chi connectivity index (χ2n) is 5.36. The van der Waals surface area contributed by atoms with Crippen molar-refractivity contribution in [2.45, 2.75) is 6.42 Å². The Hall–Kier alpha value is -3.23. The number of pyridine rings is 2. The van der Waals surface area contributed by atoms with Gasteiger partial charge in [-0.15, -0.1) is 0 Å². The molecule has 1 amide bonds. The van der Waals surface area contributed by atoms with Crippen LogP contribution in [0.25, 0.3) is 0 Å². The highest BCUT2D eigenvalue weighted by molar-refractivity contribution is 6.30. The minimum absolute atomic E-state index is 0.226. The summed E-state index contributed by atoms with van der Waals surface area (Å²) in [5.74, 6) is 0.0607. The van der Waals surface area contributed by atoms with Crippen LogP contribution in [0.3, 0.4) is 0 Å². The van der Waals surface area contributed by atoms with Gasteiger partial charge in [-0.3, -0.25) is 4.79 Å². The largest absolute Gasteiger partial charge is 0.305 e. The number of carbonyl (C=O) groups is 1. The lowest BCUT2D eigenvalue weighted by molar-refractivity contribution is 0.102. The zero-order valence-electron chi connectivity index (χ0n) is 13.1. The fourth-order valence-corrected chi connectivity index (χ4v) is 2.47. The molecule has 0 saturated heterocycles. The minimum atomic E-state index is -0.375. The fraction of sp³-hybridized carbons (Fsp3) is 0.0526. The van der Waals surface area contributed by atoms with E-state index in [-0.39, 0.29) is 11.6 Å². The average Bonchev–Trinajstić information content (AvgIpc) is 2.63. The lowest BCUT2D eigenvalue weighted by Gasteiger charge is -2.06. The molecule has 0 saturated carbocycles. The third kappa shape index (κ3) is 4.40. The standard InChI is InChI=1S/C19H13ClN4O/c20-16-3-1-2-13(9-16)8-14-5-7-18(23-11-14)24-19(25)17-6-4-15(10-21)12-22-17/h1-7,9,11-12H,8H2,(H,23,24,25). The maximum atomic E-state index is 12.1. The summed E-state index contributed by atoms with van der Waals surface area (Å²) >= 11 is 5.98. The normalized spacial score (nSPS) is 10.1. The first-order chi connectivity index (χ1) is 12.1. The van der Waals surface area contributed by atoms with Gasteiger partial charge < -0.3 is 5.32 Å². The summed E-state index contributed by atoms with van der Waals surface area (Å²) < 4.78 is 0. The van der Waals surface area contributed by atoms with Gasteiger partial charge in [-0.2, -0.15) is 5.26 Å². The number of anilines is 1. The Kier molecular flexibility index (Phi) is 5.03. The van der Waals surface area contributed by atoms with Crippen LogP contribution in [0.15, 0.2) is 60.9 Å². The molecule has 2 heterocycles. The number of rotatable bonds is 4. The molecule has 5 nitrogen and oxygen atoms in total. The van der Waals surface area contributed by atoms with Gasteiger partial charge in [-0.25, -0.2) is 9.97 Å². The van der Waals surface area contributed by atoms with Crippen LogP contribution in [0.4, 0.5) is 5.82 Å².